The quantitative estimate of drug-likeness (QED) is 0.832. The van der Waals surface area contributed by atoms with E-state index in [1.807, 2.05) is 6.07 Å². The molecule has 2 atom stereocenters. The van der Waals surface area contributed by atoms with Crippen molar-refractivity contribution in [1.29, 1.82) is 0 Å². The Balaban J connectivity index is 1.54. The SMILES string of the molecule is NC[C@H]1CC[C@@H](C(=O)NCc2ccccc2CN2CCCC2)O1. The Hall–Kier alpha value is -1.43. The highest BCUT2D eigenvalue weighted by Crippen LogP contribution is 2.20. The summed E-state index contributed by atoms with van der Waals surface area (Å²) in [5.41, 5.74) is 8.10. The molecule has 5 heteroatoms. The third-order valence-electron chi connectivity index (χ3n) is 4.83. The Morgan fingerprint density at radius 3 is 2.65 bits per heavy atom. The molecule has 1 aromatic carbocycles. The molecule has 23 heavy (non-hydrogen) atoms. The van der Waals surface area contributed by atoms with Crippen LogP contribution in [0.25, 0.3) is 0 Å². The maximum absolute atomic E-state index is 12.2. The fraction of sp³-hybridized carbons (Fsp3) is 0.611. The summed E-state index contributed by atoms with van der Waals surface area (Å²) in [6.45, 7) is 4.38. The zero-order chi connectivity index (χ0) is 16.1. The summed E-state index contributed by atoms with van der Waals surface area (Å²) < 4.78 is 5.65. The van der Waals surface area contributed by atoms with Crippen molar-refractivity contribution in [2.75, 3.05) is 19.6 Å². The second-order valence-corrected chi connectivity index (χ2v) is 6.53. The van der Waals surface area contributed by atoms with Gasteiger partial charge in [0.2, 0.25) is 5.91 Å². The first-order valence-corrected chi connectivity index (χ1v) is 8.68. The highest BCUT2D eigenvalue weighted by Gasteiger charge is 2.29. The van der Waals surface area contributed by atoms with Crippen LogP contribution in [0.15, 0.2) is 24.3 Å². The van der Waals surface area contributed by atoms with Gasteiger partial charge in [-0.05, 0) is 49.9 Å². The van der Waals surface area contributed by atoms with Crippen LogP contribution in [0.2, 0.25) is 0 Å². The van der Waals surface area contributed by atoms with Crippen molar-refractivity contribution < 1.29 is 9.53 Å². The molecule has 3 N–H and O–H groups in total. The second-order valence-electron chi connectivity index (χ2n) is 6.53. The van der Waals surface area contributed by atoms with E-state index >= 15 is 0 Å². The van der Waals surface area contributed by atoms with Gasteiger partial charge in [-0.15, -0.1) is 0 Å². The number of ether oxygens (including phenoxy) is 1. The van der Waals surface area contributed by atoms with E-state index in [2.05, 4.69) is 28.4 Å². The third-order valence-corrected chi connectivity index (χ3v) is 4.83. The standard InChI is InChI=1S/C18H27N3O2/c19-11-16-7-8-17(23-16)18(22)20-12-14-5-1-2-6-15(14)13-21-9-3-4-10-21/h1-2,5-6,16-17H,3-4,7-13,19H2,(H,20,22)/t16-,17+/m1/s1. The summed E-state index contributed by atoms with van der Waals surface area (Å²) in [4.78, 5) is 14.7. The molecule has 126 valence electrons. The first-order chi connectivity index (χ1) is 11.3. The van der Waals surface area contributed by atoms with Gasteiger partial charge in [0.1, 0.15) is 6.10 Å². The minimum Gasteiger partial charge on any atom is -0.364 e. The van der Waals surface area contributed by atoms with Crippen LogP contribution >= 0.6 is 0 Å². The predicted octanol–water partition coefficient (Wildman–Crippen LogP) is 1.40. The summed E-state index contributed by atoms with van der Waals surface area (Å²) in [6.07, 6.45) is 3.92. The molecule has 0 aliphatic carbocycles. The van der Waals surface area contributed by atoms with E-state index in [0.717, 1.165) is 19.4 Å². The van der Waals surface area contributed by atoms with Crippen LogP contribution in [0.3, 0.4) is 0 Å². The van der Waals surface area contributed by atoms with Crippen LogP contribution in [0, 0.1) is 0 Å². The highest BCUT2D eigenvalue weighted by atomic mass is 16.5. The van der Waals surface area contributed by atoms with Crippen LogP contribution in [-0.4, -0.2) is 42.6 Å². The van der Waals surface area contributed by atoms with Crippen molar-refractivity contribution in [3.05, 3.63) is 35.4 Å². The van der Waals surface area contributed by atoms with Gasteiger partial charge in [-0.2, -0.15) is 0 Å². The normalized spacial score (nSPS) is 24.9. The summed E-state index contributed by atoms with van der Waals surface area (Å²) in [6, 6.07) is 8.37. The highest BCUT2D eigenvalue weighted by molar-refractivity contribution is 5.81. The van der Waals surface area contributed by atoms with Crippen LogP contribution in [0.4, 0.5) is 0 Å². The van der Waals surface area contributed by atoms with Crippen LogP contribution < -0.4 is 11.1 Å². The lowest BCUT2D eigenvalue weighted by Gasteiger charge is -2.18. The lowest BCUT2D eigenvalue weighted by Crippen LogP contribution is -2.35. The second kappa shape index (κ2) is 7.90. The van der Waals surface area contributed by atoms with E-state index in [4.69, 9.17) is 10.5 Å². The molecule has 2 aliphatic rings. The maximum atomic E-state index is 12.2. The van der Waals surface area contributed by atoms with Crippen LogP contribution in [0.1, 0.15) is 36.8 Å². The number of benzene rings is 1. The number of nitrogens with zero attached hydrogens (tertiary/aromatic N) is 1. The van der Waals surface area contributed by atoms with Gasteiger partial charge in [0.15, 0.2) is 0 Å². The number of rotatable bonds is 6. The van der Waals surface area contributed by atoms with Gasteiger partial charge in [0.25, 0.3) is 0 Å². The number of carbonyl (C=O) groups is 1. The molecule has 0 bridgehead atoms. The van der Waals surface area contributed by atoms with Crippen molar-refractivity contribution in [3.8, 4) is 0 Å². The number of nitrogens with two attached hydrogens (primary N) is 1. The molecule has 5 nitrogen and oxygen atoms in total. The molecule has 3 rings (SSSR count). The average molecular weight is 317 g/mol. The zero-order valence-corrected chi connectivity index (χ0v) is 13.7. The van der Waals surface area contributed by atoms with E-state index in [1.54, 1.807) is 0 Å². The minimum absolute atomic E-state index is 0.0167. The summed E-state index contributed by atoms with van der Waals surface area (Å²) >= 11 is 0. The molecule has 0 spiro atoms. The molecule has 0 aromatic heterocycles. The van der Waals surface area contributed by atoms with E-state index in [9.17, 15) is 4.79 Å². The monoisotopic (exact) mass is 317 g/mol. The maximum Gasteiger partial charge on any atom is 0.249 e. The summed E-state index contributed by atoms with van der Waals surface area (Å²) in [7, 11) is 0. The van der Waals surface area contributed by atoms with Gasteiger partial charge in [-0.25, -0.2) is 0 Å². The van der Waals surface area contributed by atoms with E-state index in [0.29, 0.717) is 13.1 Å². The smallest absolute Gasteiger partial charge is 0.249 e. The fourth-order valence-corrected chi connectivity index (χ4v) is 3.43. The van der Waals surface area contributed by atoms with Gasteiger partial charge >= 0.3 is 0 Å². The molecule has 1 aromatic rings. The van der Waals surface area contributed by atoms with Gasteiger partial charge in [0.05, 0.1) is 6.10 Å². The minimum atomic E-state index is -0.339. The number of hydrogen-bond donors (Lipinski definition) is 2. The Bertz CT molecular complexity index is 529. The van der Waals surface area contributed by atoms with Crippen molar-refractivity contribution in [3.63, 3.8) is 0 Å². The molecular formula is C18H27N3O2. The van der Waals surface area contributed by atoms with Crippen molar-refractivity contribution in [2.45, 2.75) is 51.0 Å². The molecular weight excluding hydrogens is 290 g/mol. The summed E-state index contributed by atoms with van der Waals surface area (Å²) in [5, 5.41) is 3.03. The van der Waals surface area contributed by atoms with Gasteiger partial charge < -0.3 is 15.8 Å². The van der Waals surface area contributed by atoms with E-state index in [1.165, 1.54) is 37.1 Å². The molecule has 0 saturated carbocycles. The van der Waals surface area contributed by atoms with Crippen molar-refractivity contribution in [2.24, 2.45) is 5.73 Å². The molecule has 0 radical (unpaired) electrons. The van der Waals surface area contributed by atoms with Gasteiger partial charge in [-0.3, -0.25) is 9.69 Å². The number of carbonyl (C=O) groups excluding carboxylic acids is 1. The Kier molecular flexibility index (Phi) is 5.65. The number of amides is 1. The Morgan fingerprint density at radius 1 is 1.22 bits per heavy atom. The van der Waals surface area contributed by atoms with Crippen LogP contribution in [0.5, 0.6) is 0 Å². The topological polar surface area (TPSA) is 67.6 Å². The first kappa shape index (κ1) is 16.4. The predicted molar refractivity (Wildman–Crippen MR) is 89.7 cm³/mol. The molecule has 2 fully saturated rings. The van der Waals surface area contributed by atoms with Crippen molar-refractivity contribution in [1.82, 2.24) is 10.2 Å². The molecule has 2 aliphatic heterocycles. The fourth-order valence-electron chi connectivity index (χ4n) is 3.43. The first-order valence-electron chi connectivity index (χ1n) is 8.68. The van der Waals surface area contributed by atoms with Gasteiger partial charge in [-0.1, -0.05) is 24.3 Å². The lowest BCUT2D eigenvalue weighted by molar-refractivity contribution is -0.132. The largest absolute Gasteiger partial charge is 0.364 e. The Labute approximate surface area is 138 Å². The zero-order valence-electron chi connectivity index (χ0n) is 13.7. The van der Waals surface area contributed by atoms with Crippen molar-refractivity contribution >= 4 is 5.91 Å². The molecule has 2 saturated heterocycles. The molecule has 2 heterocycles. The van der Waals surface area contributed by atoms with Crippen LogP contribution in [-0.2, 0) is 22.6 Å². The molecule has 0 unspecified atom stereocenters. The van der Waals surface area contributed by atoms with E-state index < -0.39 is 0 Å². The van der Waals surface area contributed by atoms with Gasteiger partial charge in [0, 0.05) is 19.6 Å². The lowest BCUT2D eigenvalue weighted by atomic mass is 10.1. The number of likely N-dealkylation sites (tertiary alicyclic amines) is 1. The summed E-state index contributed by atoms with van der Waals surface area (Å²) in [5.74, 6) is -0.0167. The number of nitrogens with one attached hydrogen (secondary N) is 1. The average Bonchev–Trinajstić information content (AvgIpc) is 3.25. The Morgan fingerprint density at radius 2 is 1.96 bits per heavy atom. The number of hydrogen-bond acceptors (Lipinski definition) is 4. The molecule has 1 amide bonds. The third kappa shape index (κ3) is 4.31. The van der Waals surface area contributed by atoms with E-state index in [-0.39, 0.29) is 18.1 Å².